The van der Waals surface area contributed by atoms with Crippen molar-refractivity contribution in [2.45, 2.75) is 58.8 Å². The second-order valence-electron chi connectivity index (χ2n) is 7.33. The summed E-state index contributed by atoms with van der Waals surface area (Å²) in [7, 11) is -3.96. The van der Waals surface area contributed by atoms with Gasteiger partial charge in [-0.05, 0) is 53.5 Å². The van der Waals surface area contributed by atoms with Crippen LogP contribution in [0.15, 0.2) is 35.4 Å². The van der Waals surface area contributed by atoms with Crippen molar-refractivity contribution in [2.75, 3.05) is 19.8 Å². The van der Waals surface area contributed by atoms with Gasteiger partial charge in [0.25, 0.3) is 11.2 Å². The number of hydrogen-bond donors (Lipinski definition) is 1. The van der Waals surface area contributed by atoms with Gasteiger partial charge in [-0.2, -0.15) is 5.11 Å². The molecule has 0 saturated heterocycles. The first-order valence-corrected chi connectivity index (χ1v) is 10.7. The lowest BCUT2D eigenvalue weighted by Crippen LogP contribution is -2.54. The lowest BCUT2D eigenvalue weighted by molar-refractivity contribution is -0.139. The van der Waals surface area contributed by atoms with Gasteiger partial charge in [0.2, 0.25) is 0 Å². The van der Waals surface area contributed by atoms with Crippen LogP contribution in [0.4, 0.5) is 0 Å². The lowest BCUT2D eigenvalue weighted by Gasteiger charge is -2.41. The van der Waals surface area contributed by atoms with Gasteiger partial charge in [0.1, 0.15) is 0 Å². The smallest absolute Gasteiger partial charge is 0.335 e. The van der Waals surface area contributed by atoms with Gasteiger partial charge in [-0.1, -0.05) is 30.3 Å². The summed E-state index contributed by atoms with van der Waals surface area (Å²) in [5.74, 6) is -0.536. The second-order valence-corrected chi connectivity index (χ2v) is 9.71. The molecule has 0 aromatic heterocycles. The number of carbonyl (C=O) groups is 1. The van der Waals surface area contributed by atoms with Gasteiger partial charge in [0.15, 0.2) is 0 Å². The third kappa shape index (κ3) is 5.47. The maximum Gasteiger partial charge on any atom is 0.369 e. The first-order valence-electron chi connectivity index (χ1n) is 9.19. The number of nitrogens with one attached hydrogen (secondary N) is 1. The molecule has 1 amide bonds. The van der Waals surface area contributed by atoms with Crippen molar-refractivity contribution in [3.63, 3.8) is 0 Å². The third-order valence-electron chi connectivity index (χ3n) is 4.28. The molecule has 1 aromatic carbocycles. The summed E-state index contributed by atoms with van der Waals surface area (Å²) in [6.45, 7) is 11.0. The Kier molecular flexibility index (Phi) is 8.33. The largest absolute Gasteiger partial charge is 0.369 e. The van der Waals surface area contributed by atoms with Crippen molar-refractivity contribution in [1.82, 2.24) is 4.90 Å². The minimum absolute atomic E-state index is 0.0925. The first-order chi connectivity index (χ1) is 12.6. The van der Waals surface area contributed by atoms with Gasteiger partial charge in [0, 0.05) is 12.1 Å². The summed E-state index contributed by atoms with van der Waals surface area (Å²) in [5, 5.41) is 1.54. The van der Waals surface area contributed by atoms with E-state index < -0.39 is 24.3 Å². The Hall–Kier alpha value is -1.56. The molecule has 0 heterocycles. The molecule has 0 radical (unpaired) electrons. The van der Waals surface area contributed by atoms with Crippen molar-refractivity contribution in [2.24, 2.45) is 5.11 Å². The molecule has 152 valence electrons. The zero-order valence-electron chi connectivity index (χ0n) is 17.2. The van der Waals surface area contributed by atoms with E-state index in [4.69, 9.17) is 14.6 Å². The molecule has 0 aliphatic heterocycles. The van der Waals surface area contributed by atoms with E-state index in [1.165, 1.54) is 6.92 Å². The van der Waals surface area contributed by atoms with E-state index in [9.17, 15) is 9.36 Å². The summed E-state index contributed by atoms with van der Waals surface area (Å²) in [6, 6.07) is 9.81. The predicted molar refractivity (Wildman–Crippen MR) is 106 cm³/mol. The highest BCUT2D eigenvalue weighted by Gasteiger charge is 2.56. The minimum Gasteiger partial charge on any atom is -0.335 e. The van der Waals surface area contributed by atoms with E-state index >= 15 is 0 Å². The van der Waals surface area contributed by atoms with Gasteiger partial charge >= 0.3 is 7.60 Å². The quantitative estimate of drug-likeness (QED) is 0.450. The van der Waals surface area contributed by atoms with E-state index in [0.29, 0.717) is 13.0 Å². The Balaban J connectivity index is 3.24. The number of benzene rings is 1. The number of carbonyl (C=O) groups excluding carboxylic acids is 1. The topological polar surface area (TPSA) is 92.0 Å². The lowest BCUT2D eigenvalue weighted by atomic mass is 10.0. The van der Waals surface area contributed by atoms with Gasteiger partial charge < -0.3 is 13.9 Å². The fourth-order valence-corrected chi connectivity index (χ4v) is 4.47. The molecule has 27 heavy (non-hydrogen) atoms. The molecule has 0 aliphatic rings. The molecule has 0 saturated carbocycles. The molecule has 1 rings (SSSR count). The van der Waals surface area contributed by atoms with Crippen LogP contribution in [0.3, 0.4) is 0 Å². The minimum atomic E-state index is -3.96. The van der Waals surface area contributed by atoms with Crippen LogP contribution in [-0.2, 0) is 24.8 Å². The fraction of sp³-hybridized carbons (Fsp3) is 0.632. The summed E-state index contributed by atoms with van der Waals surface area (Å²) in [6.07, 6.45) is 0.630. The predicted octanol–water partition coefficient (Wildman–Crippen LogP) is 4.87. The molecule has 0 aliphatic carbocycles. The number of hydrogen-bond acceptors (Lipinski definition) is 6. The highest BCUT2D eigenvalue weighted by molar-refractivity contribution is 7.56. The molecule has 1 unspecified atom stereocenters. The fourth-order valence-electron chi connectivity index (χ4n) is 2.74. The molecule has 8 heteroatoms. The summed E-state index contributed by atoms with van der Waals surface area (Å²) in [5.41, 5.74) is 8.17. The number of rotatable bonds is 10. The molecule has 0 spiro atoms. The average molecular weight is 397 g/mol. The zero-order chi connectivity index (χ0) is 20.7. The van der Waals surface area contributed by atoms with E-state index in [-0.39, 0.29) is 13.2 Å². The average Bonchev–Trinajstić information content (AvgIpc) is 2.61. The number of amides is 1. The molecule has 1 N–H and O–H groups in total. The van der Waals surface area contributed by atoms with Crippen molar-refractivity contribution in [3.8, 4) is 0 Å². The Labute approximate surface area is 162 Å². The van der Waals surface area contributed by atoms with Crippen molar-refractivity contribution in [3.05, 3.63) is 35.9 Å². The Morgan fingerprint density at radius 2 is 1.63 bits per heavy atom. The van der Waals surface area contributed by atoms with E-state index in [1.54, 1.807) is 18.7 Å². The van der Waals surface area contributed by atoms with E-state index in [1.807, 2.05) is 51.1 Å². The summed E-state index contributed by atoms with van der Waals surface area (Å²) in [4.78, 5) is 15.0. The maximum atomic E-state index is 13.4. The highest BCUT2D eigenvalue weighted by atomic mass is 31.2. The zero-order valence-corrected chi connectivity index (χ0v) is 18.1. The van der Waals surface area contributed by atoms with Crippen LogP contribution in [0, 0.1) is 5.53 Å². The van der Waals surface area contributed by atoms with Gasteiger partial charge in [-0.15, -0.1) is 0 Å². The van der Waals surface area contributed by atoms with Crippen molar-refractivity contribution < 1.29 is 18.4 Å². The third-order valence-corrected chi connectivity index (χ3v) is 6.83. The van der Waals surface area contributed by atoms with E-state index in [0.717, 1.165) is 5.56 Å². The van der Waals surface area contributed by atoms with Crippen LogP contribution in [-0.4, -0.2) is 41.4 Å². The standard InChI is InChI=1S/C19H32N3O4P/c1-7-25-27(24,26-8-2)19(6,21-20)17(23)22(18(3,4)5)15-14-16-12-10-9-11-13-16/h9-13,20H,7-8,14-15H2,1-6H3. The second kappa shape index (κ2) is 9.58. The Morgan fingerprint density at radius 1 is 1.11 bits per heavy atom. The SMILES string of the molecule is CCOP(=O)(OCC)C(C)(N=N)C(=O)N(CCc1ccccc1)C(C)(C)C. The van der Waals surface area contributed by atoms with Crippen LogP contribution in [0.5, 0.6) is 0 Å². The van der Waals surface area contributed by atoms with Gasteiger partial charge in [0.05, 0.1) is 13.2 Å². The first kappa shape index (κ1) is 23.5. The monoisotopic (exact) mass is 397 g/mol. The van der Waals surface area contributed by atoms with Crippen molar-refractivity contribution >= 4 is 13.5 Å². The van der Waals surface area contributed by atoms with Gasteiger partial charge in [-0.3, -0.25) is 9.36 Å². The van der Waals surface area contributed by atoms with Crippen LogP contribution in [0.1, 0.15) is 47.1 Å². The van der Waals surface area contributed by atoms with Crippen LogP contribution < -0.4 is 0 Å². The maximum absolute atomic E-state index is 13.4. The molecular weight excluding hydrogens is 365 g/mol. The van der Waals surface area contributed by atoms with E-state index in [2.05, 4.69) is 5.11 Å². The van der Waals surface area contributed by atoms with Crippen LogP contribution in [0.25, 0.3) is 0 Å². The van der Waals surface area contributed by atoms with Gasteiger partial charge in [-0.25, -0.2) is 5.53 Å². The molecule has 1 atom stereocenters. The summed E-state index contributed by atoms with van der Waals surface area (Å²) >= 11 is 0. The molecule has 0 fully saturated rings. The van der Waals surface area contributed by atoms with Crippen molar-refractivity contribution in [1.29, 1.82) is 5.53 Å². The number of nitrogens with zero attached hydrogens (tertiary/aromatic N) is 2. The molecule has 0 bridgehead atoms. The molecule has 1 aromatic rings. The molecular formula is C19H32N3O4P. The van der Waals surface area contributed by atoms with Crippen LogP contribution in [0.2, 0.25) is 0 Å². The normalized spacial score (nSPS) is 14.4. The highest BCUT2D eigenvalue weighted by Crippen LogP contribution is 2.61. The molecule has 7 nitrogen and oxygen atoms in total. The summed E-state index contributed by atoms with van der Waals surface area (Å²) < 4.78 is 24.0. The Morgan fingerprint density at radius 3 is 2.04 bits per heavy atom. The Bertz CT molecular complexity index is 665. The van der Waals surface area contributed by atoms with Crippen LogP contribution >= 0.6 is 7.60 Å².